The normalized spacial score (nSPS) is 18.9. The Hall–Kier alpha value is -3.08. The molecule has 2 aromatic carbocycles. The molecule has 0 unspecified atom stereocenters. The fraction of sp³-hybridized carbons (Fsp3) is 0.360. The maximum absolute atomic E-state index is 13.2. The molecule has 0 saturated heterocycles. The number of nitrogens with one attached hydrogen (secondary N) is 1. The van der Waals surface area contributed by atoms with E-state index >= 15 is 0 Å². The van der Waals surface area contributed by atoms with E-state index in [4.69, 9.17) is 4.74 Å². The third kappa shape index (κ3) is 4.90. The monoisotopic (exact) mass is 404 g/mol. The molecule has 0 aromatic heterocycles. The molecule has 1 aliphatic carbocycles. The second-order valence-corrected chi connectivity index (χ2v) is 7.99. The SMILES string of the molecule is O=C(CN1C(=O)/C(=C\c2ccccc2)Oc2ccccc21)NC1CCCCCCC1. The summed E-state index contributed by atoms with van der Waals surface area (Å²) in [6.45, 7) is -0.0121. The van der Waals surface area contributed by atoms with Crippen molar-refractivity contribution in [3.05, 3.63) is 65.9 Å². The maximum atomic E-state index is 13.2. The van der Waals surface area contributed by atoms with Gasteiger partial charge in [-0.2, -0.15) is 0 Å². The zero-order valence-corrected chi connectivity index (χ0v) is 17.2. The summed E-state index contributed by atoms with van der Waals surface area (Å²) in [5.74, 6) is 0.381. The van der Waals surface area contributed by atoms with E-state index in [-0.39, 0.29) is 30.2 Å². The molecule has 0 atom stereocenters. The highest BCUT2D eigenvalue weighted by atomic mass is 16.5. The predicted molar refractivity (Wildman–Crippen MR) is 118 cm³/mol. The van der Waals surface area contributed by atoms with Gasteiger partial charge in [0.15, 0.2) is 11.5 Å². The predicted octanol–water partition coefficient (Wildman–Crippen LogP) is 4.68. The Bertz CT molecular complexity index is 915. The number of nitrogens with zero attached hydrogens (tertiary/aromatic N) is 1. The molecule has 1 N–H and O–H groups in total. The number of para-hydroxylation sites is 2. The van der Waals surface area contributed by atoms with E-state index in [1.54, 1.807) is 6.08 Å². The second kappa shape index (κ2) is 9.61. The number of benzene rings is 2. The highest BCUT2D eigenvalue weighted by Gasteiger charge is 2.32. The molecular weight excluding hydrogens is 376 g/mol. The number of fused-ring (bicyclic) bond motifs is 1. The van der Waals surface area contributed by atoms with Crippen molar-refractivity contribution in [2.45, 2.75) is 51.0 Å². The van der Waals surface area contributed by atoms with Crippen molar-refractivity contribution in [2.75, 3.05) is 11.4 Å². The minimum absolute atomic E-state index is 0.0121. The summed E-state index contributed by atoms with van der Waals surface area (Å²) in [5.41, 5.74) is 1.50. The molecule has 2 aliphatic rings. The molecule has 156 valence electrons. The number of rotatable bonds is 4. The molecule has 30 heavy (non-hydrogen) atoms. The molecule has 2 amide bonds. The van der Waals surface area contributed by atoms with Gasteiger partial charge in [0.25, 0.3) is 5.91 Å². The van der Waals surface area contributed by atoms with Crippen LogP contribution in [0, 0.1) is 0 Å². The van der Waals surface area contributed by atoms with E-state index < -0.39 is 0 Å². The van der Waals surface area contributed by atoms with Crippen molar-refractivity contribution < 1.29 is 14.3 Å². The van der Waals surface area contributed by atoms with Gasteiger partial charge in [-0.1, -0.05) is 74.6 Å². The van der Waals surface area contributed by atoms with Crippen LogP contribution in [0.25, 0.3) is 6.08 Å². The first-order valence-electron chi connectivity index (χ1n) is 10.9. The summed E-state index contributed by atoms with van der Waals surface area (Å²) in [5, 5.41) is 3.16. The molecule has 2 aromatic rings. The Morgan fingerprint density at radius 2 is 1.63 bits per heavy atom. The van der Waals surface area contributed by atoms with Gasteiger partial charge in [0.05, 0.1) is 5.69 Å². The van der Waals surface area contributed by atoms with Gasteiger partial charge in [0.2, 0.25) is 5.91 Å². The van der Waals surface area contributed by atoms with E-state index in [1.807, 2.05) is 54.6 Å². The van der Waals surface area contributed by atoms with Crippen molar-refractivity contribution >= 4 is 23.6 Å². The minimum atomic E-state index is -0.301. The minimum Gasteiger partial charge on any atom is -0.449 e. The van der Waals surface area contributed by atoms with Crippen LogP contribution in [0.15, 0.2) is 60.4 Å². The molecule has 1 fully saturated rings. The molecule has 1 heterocycles. The molecule has 4 rings (SSSR count). The fourth-order valence-electron chi connectivity index (χ4n) is 4.14. The number of hydrogen-bond acceptors (Lipinski definition) is 3. The van der Waals surface area contributed by atoms with E-state index in [1.165, 1.54) is 24.2 Å². The van der Waals surface area contributed by atoms with Crippen molar-refractivity contribution in [3.8, 4) is 5.75 Å². The average molecular weight is 405 g/mol. The molecular formula is C25H28N2O3. The van der Waals surface area contributed by atoms with Crippen molar-refractivity contribution in [3.63, 3.8) is 0 Å². The van der Waals surface area contributed by atoms with E-state index in [9.17, 15) is 9.59 Å². The average Bonchev–Trinajstić information content (AvgIpc) is 2.74. The molecule has 5 nitrogen and oxygen atoms in total. The van der Waals surface area contributed by atoms with Gasteiger partial charge in [0.1, 0.15) is 6.54 Å². The third-order valence-corrected chi connectivity index (χ3v) is 5.70. The zero-order valence-electron chi connectivity index (χ0n) is 17.2. The lowest BCUT2D eigenvalue weighted by Crippen LogP contribution is -2.46. The Labute approximate surface area is 177 Å². The van der Waals surface area contributed by atoms with Crippen LogP contribution in [0.5, 0.6) is 5.75 Å². The van der Waals surface area contributed by atoms with Gasteiger partial charge in [0, 0.05) is 6.04 Å². The lowest BCUT2D eigenvalue weighted by molar-refractivity contribution is -0.124. The first kappa shape index (κ1) is 20.2. The molecule has 1 saturated carbocycles. The summed E-state index contributed by atoms with van der Waals surface area (Å²) >= 11 is 0. The van der Waals surface area contributed by atoms with Gasteiger partial charge in [-0.3, -0.25) is 14.5 Å². The zero-order chi connectivity index (χ0) is 20.8. The van der Waals surface area contributed by atoms with E-state index in [0.29, 0.717) is 11.4 Å². The van der Waals surface area contributed by atoms with E-state index in [2.05, 4.69) is 5.32 Å². The largest absolute Gasteiger partial charge is 0.449 e. The third-order valence-electron chi connectivity index (χ3n) is 5.70. The van der Waals surface area contributed by atoms with Crippen LogP contribution in [0.4, 0.5) is 5.69 Å². The number of carbonyl (C=O) groups excluding carboxylic acids is 2. The summed E-state index contributed by atoms with van der Waals surface area (Å²) < 4.78 is 5.88. The molecule has 5 heteroatoms. The van der Waals surface area contributed by atoms with Crippen molar-refractivity contribution in [1.29, 1.82) is 0 Å². The van der Waals surface area contributed by atoms with Crippen LogP contribution < -0.4 is 15.0 Å². The second-order valence-electron chi connectivity index (χ2n) is 7.99. The molecule has 1 aliphatic heterocycles. The highest BCUT2D eigenvalue weighted by molar-refractivity contribution is 6.12. The van der Waals surface area contributed by atoms with Gasteiger partial charge in [-0.15, -0.1) is 0 Å². The Balaban J connectivity index is 1.52. The quantitative estimate of drug-likeness (QED) is 0.753. The number of amides is 2. The van der Waals surface area contributed by atoms with Gasteiger partial charge in [-0.25, -0.2) is 0 Å². The highest BCUT2D eigenvalue weighted by Crippen LogP contribution is 2.35. The van der Waals surface area contributed by atoms with Crippen LogP contribution in [-0.4, -0.2) is 24.4 Å². The van der Waals surface area contributed by atoms with Gasteiger partial charge in [-0.05, 0) is 36.6 Å². The maximum Gasteiger partial charge on any atom is 0.294 e. The van der Waals surface area contributed by atoms with Crippen molar-refractivity contribution in [1.82, 2.24) is 5.32 Å². The molecule has 0 radical (unpaired) electrons. The Kier molecular flexibility index (Phi) is 6.47. The van der Waals surface area contributed by atoms with Gasteiger partial charge < -0.3 is 10.1 Å². The Morgan fingerprint density at radius 1 is 0.967 bits per heavy atom. The van der Waals surface area contributed by atoms with Gasteiger partial charge >= 0.3 is 0 Å². The summed E-state index contributed by atoms with van der Waals surface area (Å²) in [6.07, 6.45) is 9.79. The molecule has 0 bridgehead atoms. The van der Waals surface area contributed by atoms with Crippen molar-refractivity contribution in [2.24, 2.45) is 0 Å². The van der Waals surface area contributed by atoms with Crippen LogP contribution in [0.1, 0.15) is 50.5 Å². The standard InChI is InChI=1S/C25H28N2O3/c28-24(26-20-13-7-2-1-3-8-14-20)18-27-21-15-9-10-16-22(21)30-23(25(27)29)17-19-11-5-4-6-12-19/h4-6,9-12,15-17,20H,1-3,7-8,13-14,18H2,(H,26,28)/b23-17+. The Morgan fingerprint density at radius 3 is 2.40 bits per heavy atom. The summed E-state index contributed by atoms with van der Waals surface area (Å²) in [4.78, 5) is 27.5. The number of carbonyl (C=O) groups is 2. The number of hydrogen-bond donors (Lipinski definition) is 1. The first-order chi connectivity index (χ1) is 14.7. The number of ether oxygens (including phenoxy) is 1. The van der Waals surface area contributed by atoms with Crippen LogP contribution in [-0.2, 0) is 9.59 Å². The van der Waals surface area contributed by atoms with E-state index in [0.717, 1.165) is 31.2 Å². The molecule has 0 spiro atoms. The lowest BCUT2D eigenvalue weighted by atomic mass is 9.97. The summed E-state index contributed by atoms with van der Waals surface area (Å²) in [7, 11) is 0. The van der Waals surface area contributed by atoms with Crippen LogP contribution in [0.2, 0.25) is 0 Å². The van der Waals surface area contributed by atoms with Crippen LogP contribution >= 0.6 is 0 Å². The topological polar surface area (TPSA) is 58.6 Å². The first-order valence-corrected chi connectivity index (χ1v) is 10.9. The smallest absolute Gasteiger partial charge is 0.294 e. The summed E-state index contributed by atoms with van der Waals surface area (Å²) in [6, 6.07) is 17.1. The lowest BCUT2D eigenvalue weighted by Gasteiger charge is -2.30. The number of anilines is 1. The fourth-order valence-corrected chi connectivity index (χ4v) is 4.14. The van der Waals surface area contributed by atoms with Crippen LogP contribution in [0.3, 0.4) is 0 Å².